The largest absolute Gasteiger partial charge is 0.454 e. The van der Waals surface area contributed by atoms with E-state index >= 15 is 0 Å². The van der Waals surface area contributed by atoms with Crippen molar-refractivity contribution in [2.24, 2.45) is 10.3 Å². The third kappa shape index (κ3) is 2.13. The first-order valence-corrected chi connectivity index (χ1v) is 8.44. The summed E-state index contributed by atoms with van der Waals surface area (Å²) in [4.78, 5) is 5.73. The zero-order valence-electron chi connectivity index (χ0n) is 14.5. The summed E-state index contributed by atoms with van der Waals surface area (Å²) >= 11 is 0. The summed E-state index contributed by atoms with van der Waals surface area (Å²) in [5.74, 6) is 2.19. The number of amidine groups is 1. The van der Waals surface area contributed by atoms with Gasteiger partial charge in [-0.2, -0.15) is 5.10 Å². The van der Waals surface area contributed by atoms with Crippen LogP contribution in [0, 0.1) is 0 Å². The van der Waals surface area contributed by atoms with Crippen LogP contribution in [0.3, 0.4) is 0 Å². The first kappa shape index (κ1) is 15.1. The number of nitrogens with two attached hydrogens (primary N) is 1. The number of nitrogen functional groups attached to an aromatic ring is 1. The Bertz CT molecular complexity index is 967. The van der Waals surface area contributed by atoms with Gasteiger partial charge in [0.15, 0.2) is 17.3 Å². The molecule has 132 valence electrons. The molecule has 3 heterocycles. The van der Waals surface area contributed by atoms with Crippen LogP contribution in [0.4, 0.5) is 5.69 Å². The summed E-state index contributed by atoms with van der Waals surface area (Å²) < 4.78 is 11.1. The van der Waals surface area contributed by atoms with Gasteiger partial charge >= 0.3 is 0 Å². The van der Waals surface area contributed by atoms with Gasteiger partial charge in [0.25, 0.3) is 0 Å². The fourth-order valence-corrected chi connectivity index (χ4v) is 3.58. The summed E-state index contributed by atoms with van der Waals surface area (Å²) in [7, 11) is 0. The lowest BCUT2D eigenvalue weighted by Crippen LogP contribution is -2.43. The normalized spacial score (nSPS) is 22.8. The van der Waals surface area contributed by atoms with E-state index in [9.17, 15) is 0 Å². The quantitative estimate of drug-likeness (QED) is 0.800. The molecule has 2 aromatic rings. The predicted octanol–water partition coefficient (Wildman–Crippen LogP) is 2.69. The van der Waals surface area contributed by atoms with E-state index < -0.39 is 5.72 Å². The molecule has 0 saturated carbocycles. The summed E-state index contributed by atoms with van der Waals surface area (Å²) in [6.07, 6.45) is 0.613. The van der Waals surface area contributed by atoms with Gasteiger partial charge in [0.2, 0.25) is 12.5 Å². The third-order valence-electron chi connectivity index (χ3n) is 4.89. The first-order chi connectivity index (χ1) is 12.5. The van der Waals surface area contributed by atoms with E-state index in [-0.39, 0.29) is 6.79 Å². The van der Waals surface area contributed by atoms with Crippen LogP contribution < -0.4 is 15.2 Å². The molecule has 0 amide bonds. The molecule has 0 spiro atoms. The molecule has 2 aromatic carbocycles. The van der Waals surface area contributed by atoms with Crippen molar-refractivity contribution < 1.29 is 14.3 Å². The molecule has 7 nitrogen and oxygen atoms in total. The van der Waals surface area contributed by atoms with Crippen molar-refractivity contribution in [3.05, 3.63) is 53.1 Å². The van der Waals surface area contributed by atoms with Crippen LogP contribution >= 0.6 is 0 Å². The second kappa shape index (κ2) is 5.14. The number of hydrogen-bond acceptors (Lipinski definition) is 7. The van der Waals surface area contributed by atoms with Gasteiger partial charge in [-0.1, -0.05) is 17.3 Å². The summed E-state index contributed by atoms with van der Waals surface area (Å²) in [6, 6.07) is 11.7. The van der Waals surface area contributed by atoms with Crippen LogP contribution in [-0.4, -0.2) is 29.1 Å². The van der Waals surface area contributed by atoms with E-state index in [1.54, 1.807) is 0 Å². The van der Waals surface area contributed by atoms with Crippen LogP contribution in [-0.2, 0) is 11.3 Å². The molecule has 26 heavy (non-hydrogen) atoms. The summed E-state index contributed by atoms with van der Waals surface area (Å²) in [5.41, 5.74) is 9.73. The maximum Gasteiger partial charge on any atom is 0.231 e. The average molecular weight is 350 g/mol. The molecule has 5 rings (SSSR count). The lowest BCUT2D eigenvalue weighted by Gasteiger charge is -2.28. The molecule has 2 N–H and O–H groups in total. The number of fused-ring (bicyclic) bond motifs is 3. The Morgan fingerprint density at radius 2 is 1.85 bits per heavy atom. The number of ether oxygens (including phenoxy) is 2. The van der Waals surface area contributed by atoms with Gasteiger partial charge in [0.1, 0.15) is 0 Å². The SMILES string of the molecule is CC1=NOC2(C)Cc3cc4c(cc3C(c3ccc(N)cc3)=NN12)OCO4. The van der Waals surface area contributed by atoms with Gasteiger partial charge in [-0.05, 0) is 43.7 Å². The number of hydrogen-bond donors (Lipinski definition) is 1. The van der Waals surface area contributed by atoms with Crippen LogP contribution in [0.2, 0.25) is 0 Å². The number of anilines is 1. The highest BCUT2D eigenvalue weighted by Crippen LogP contribution is 2.40. The van der Waals surface area contributed by atoms with Crippen molar-refractivity contribution in [1.82, 2.24) is 5.01 Å². The Morgan fingerprint density at radius 3 is 2.62 bits per heavy atom. The highest BCUT2D eigenvalue weighted by atomic mass is 16.7. The van der Waals surface area contributed by atoms with E-state index in [0.29, 0.717) is 17.9 Å². The smallest absolute Gasteiger partial charge is 0.231 e. The molecule has 0 aliphatic carbocycles. The van der Waals surface area contributed by atoms with Crippen LogP contribution in [0.1, 0.15) is 30.5 Å². The molecule has 3 aliphatic heterocycles. The van der Waals surface area contributed by atoms with Gasteiger partial charge in [-0.25, -0.2) is 5.01 Å². The van der Waals surface area contributed by atoms with Crippen molar-refractivity contribution in [2.45, 2.75) is 26.0 Å². The van der Waals surface area contributed by atoms with Gasteiger partial charge in [-0.3, -0.25) is 0 Å². The maximum absolute atomic E-state index is 5.86. The standard InChI is InChI=1S/C19H18N4O3/c1-11-22-26-19(2)9-13-7-16-17(25-10-24-16)8-15(13)18(21-23(11)19)12-3-5-14(20)6-4-12/h3-8H,9-10,20H2,1-2H3. The Hall–Kier alpha value is -3.22. The van der Waals surface area contributed by atoms with E-state index in [0.717, 1.165) is 33.9 Å². The minimum absolute atomic E-state index is 0.231. The average Bonchev–Trinajstić information content (AvgIpc) is 3.15. The molecule has 0 fully saturated rings. The van der Waals surface area contributed by atoms with Crippen molar-refractivity contribution in [3.63, 3.8) is 0 Å². The second-order valence-electron chi connectivity index (χ2n) is 6.83. The molecule has 0 radical (unpaired) electrons. The molecule has 0 saturated heterocycles. The highest BCUT2D eigenvalue weighted by Gasteiger charge is 2.44. The molecule has 1 atom stereocenters. The van der Waals surface area contributed by atoms with Crippen LogP contribution in [0.5, 0.6) is 11.5 Å². The third-order valence-corrected chi connectivity index (χ3v) is 4.89. The Kier molecular flexibility index (Phi) is 2.98. The van der Waals surface area contributed by atoms with Crippen molar-refractivity contribution in [3.8, 4) is 11.5 Å². The maximum atomic E-state index is 5.86. The topological polar surface area (TPSA) is 81.7 Å². The molecule has 7 heteroatoms. The van der Waals surface area contributed by atoms with Crippen LogP contribution in [0.15, 0.2) is 46.7 Å². The Labute approximate surface area is 150 Å². The number of nitrogens with zero attached hydrogens (tertiary/aromatic N) is 3. The second-order valence-corrected chi connectivity index (χ2v) is 6.83. The summed E-state index contributed by atoms with van der Waals surface area (Å²) in [5, 5.41) is 10.9. The van der Waals surface area contributed by atoms with Gasteiger partial charge in [0.05, 0.1) is 5.71 Å². The van der Waals surface area contributed by atoms with Gasteiger partial charge in [-0.15, -0.1) is 0 Å². The molecular weight excluding hydrogens is 332 g/mol. The van der Waals surface area contributed by atoms with Gasteiger partial charge in [0, 0.05) is 23.2 Å². The van der Waals surface area contributed by atoms with Crippen LogP contribution in [0.25, 0.3) is 0 Å². The van der Waals surface area contributed by atoms with E-state index in [1.165, 1.54) is 0 Å². The minimum Gasteiger partial charge on any atom is -0.454 e. The first-order valence-electron chi connectivity index (χ1n) is 8.44. The minimum atomic E-state index is -0.678. The van der Waals surface area contributed by atoms with E-state index in [4.69, 9.17) is 25.1 Å². The lowest BCUT2D eigenvalue weighted by atomic mass is 9.93. The highest BCUT2D eigenvalue weighted by molar-refractivity contribution is 6.14. The fourth-order valence-electron chi connectivity index (χ4n) is 3.58. The van der Waals surface area contributed by atoms with Crippen molar-refractivity contribution >= 4 is 17.2 Å². The molecule has 0 bridgehead atoms. The zero-order valence-corrected chi connectivity index (χ0v) is 14.5. The molecular formula is C19H18N4O3. The van der Waals surface area contributed by atoms with Gasteiger partial charge < -0.3 is 20.0 Å². The zero-order chi connectivity index (χ0) is 17.9. The van der Waals surface area contributed by atoms with Crippen molar-refractivity contribution in [1.29, 1.82) is 0 Å². The number of rotatable bonds is 1. The predicted molar refractivity (Wildman–Crippen MR) is 97.2 cm³/mol. The van der Waals surface area contributed by atoms with E-state index in [1.807, 2.05) is 55.3 Å². The monoisotopic (exact) mass is 350 g/mol. The lowest BCUT2D eigenvalue weighted by molar-refractivity contribution is -0.0819. The number of oxime groups is 1. The molecule has 0 aromatic heterocycles. The number of benzene rings is 2. The number of hydrazone groups is 1. The molecule has 3 aliphatic rings. The fraction of sp³-hybridized carbons (Fsp3) is 0.263. The molecule has 1 unspecified atom stereocenters. The Morgan fingerprint density at radius 1 is 1.12 bits per heavy atom. The Balaban J connectivity index is 1.75. The van der Waals surface area contributed by atoms with E-state index in [2.05, 4.69) is 5.16 Å². The summed E-state index contributed by atoms with van der Waals surface area (Å²) in [6.45, 7) is 4.10. The van der Waals surface area contributed by atoms with Crippen molar-refractivity contribution in [2.75, 3.05) is 12.5 Å².